The number of nitrogens with zero attached hydrogens (tertiary/aromatic N) is 3. The molecule has 3 aromatic carbocycles. The topological polar surface area (TPSA) is 38.1 Å². The van der Waals surface area contributed by atoms with Crippen LogP contribution in [0.3, 0.4) is 0 Å². The van der Waals surface area contributed by atoms with Gasteiger partial charge in [0.1, 0.15) is 0 Å². The van der Waals surface area contributed by atoms with Crippen LogP contribution in [0.1, 0.15) is 34.7 Å². The highest BCUT2D eigenvalue weighted by atomic mass is 16.2. The monoisotopic (exact) mass is 421 g/mol. The zero-order valence-corrected chi connectivity index (χ0v) is 18.1. The van der Waals surface area contributed by atoms with Gasteiger partial charge in [0.2, 0.25) is 5.91 Å². The van der Waals surface area contributed by atoms with Crippen molar-refractivity contribution in [2.45, 2.75) is 31.7 Å². The number of hydrogen-bond acceptors (Lipinski definition) is 2. The van der Waals surface area contributed by atoms with Crippen LogP contribution in [-0.4, -0.2) is 27.1 Å². The summed E-state index contributed by atoms with van der Waals surface area (Å²) >= 11 is 0. The van der Waals surface area contributed by atoms with Gasteiger partial charge < -0.3 is 4.90 Å². The molecular formula is C28H27N3O. The lowest BCUT2D eigenvalue weighted by molar-refractivity contribution is -0.134. The van der Waals surface area contributed by atoms with Crippen LogP contribution in [0.25, 0.3) is 5.69 Å². The van der Waals surface area contributed by atoms with Crippen LogP contribution in [-0.2, 0) is 24.1 Å². The predicted octanol–water partition coefficient (Wildman–Crippen LogP) is 5.17. The van der Waals surface area contributed by atoms with Gasteiger partial charge in [0.25, 0.3) is 0 Å². The Morgan fingerprint density at radius 2 is 1.59 bits per heavy atom. The maximum Gasteiger partial charge on any atom is 0.223 e. The minimum Gasteiger partial charge on any atom is -0.335 e. The molecule has 1 aromatic heterocycles. The van der Waals surface area contributed by atoms with E-state index in [4.69, 9.17) is 0 Å². The molecule has 5 rings (SSSR count). The van der Waals surface area contributed by atoms with Crippen molar-refractivity contribution in [2.75, 3.05) is 6.54 Å². The van der Waals surface area contributed by atoms with Crippen molar-refractivity contribution in [3.05, 3.63) is 120 Å². The summed E-state index contributed by atoms with van der Waals surface area (Å²) in [7, 11) is 0. The first-order valence-electron chi connectivity index (χ1n) is 11.3. The summed E-state index contributed by atoms with van der Waals surface area (Å²) in [6, 6.07) is 29.2. The molecule has 4 aromatic rings. The molecule has 32 heavy (non-hydrogen) atoms. The zero-order valence-electron chi connectivity index (χ0n) is 18.1. The summed E-state index contributed by atoms with van der Waals surface area (Å²) in [4.78, 5) is 15.5. The highest BCUT2D eigenvalue weighted by Gasteiger charge is 2.30. The molecule has 0 fully saturated rings. The van der Waals surface area contributed by atoms with E-state index in [0.717, 1.165) is 30.6 Å². The molecular weight excluding hydrogens is 394 g/mol. The number of fused-ring (bicyclic) bond motifs is 1. The number of benzene rings is 3. The average molecular weight is 422 g/mol. The van der Waals surface area contributed by atoms with E-state index >= 15 is 0 Å². The maximum atomic E-state index is 13.4. The molecule has 0 spiro atoms. The van der Waals surface area contributed by atoms with E-state index in [1.165, 1.54) is 16.7 Å². The number of aryl methyl sites for hydroxylation is 1. The minimum atomic E-state index is 0.0851. The van der Waals surface area contributed by atoms with E-state index in [1.54, 1.807) is 0 Å². The standard InChI is InChI=1S/C28H27N3O/c32-28(16-15-23-20-29-31(21-23)25-12-5-2-6-13-25)30-18-17-24-11-7-8-14-26(24)27(30)19-22-9-3-1-4-10-22/h1-14,20-21,27H,15-19H2/t27-/m0/s1. The lowest BCUT2D eigenvalue weighted by atomic mass is 9.88. The number of hydrogen-bond donors (Lipinski definition) is 0. The molecule has 1 aliphatic rings. The molecule has 0 radical (unpaired) electrons. The molecule has 0 bridgehead atoms. The third-order valence-electron chi connectivity index (χ3n) is 6.29. The summed E-state index contributed by atoms with van der Waals surface area (Å²) < 4.78 is 1.87. The Morgan fingerprint density at radius 1 is 0.875 bits per heavy atom. The Morgan fingerprint density at radius 3 is 2.41 bits per heavy atom. The van der Waals surface area contributed by atoms with Gasteiger partial charge in [-0.2, -0.15) is 5.10 Å². The van der Waals surface area contributed by atoms with E-state index < -0.39 is 0 Å². The molecule has 1 amide bonds. The van der Waals surface area contributed by atoms with E-state index in [-0.39, 0.29) is 11.9 Å². The highest BCUT2D eigenvalue weighted by molar-refractivity contribution is 5.77. The Hall–Kier alpha value is -3.66. The second-order valence-corrected chi connectivity index (χ2v) is 8.37. The fourth-order valence-corrected chi connectivity index (χ4v) is 4.61. The molecule has 160 valence electrons. The SMILES string of the molecule is O=C(CCc1cnn(-c2ccccc2)c1)N1CCc2ccccc2[C@@H]1Cc1ccccc1. The Balaban J connectivity index is 1.31. The summed E-state index contributed by atoms with van der Waals surface area (Å²) in [5.74, 6) is 0.216. The van der Waals surface area contributed by atoms with Gasteiger partial charge in [-0.1, -0.05) is 72.8 Å². The fraction of sp³-hybridized carbons (Fsp3) is 0.214. The fourth-order valence-electron chi connectivity index (χ4n) is 4.61. The average Bonchev–Trinajstić information content (AvgIpc) is 3.33. The van der Waals surface area contributed by atoms with E-state index in [2.05, 4.69) is 58.5 Å². The molecule has 0 N–H and O–H groups in total. The van der Waals surface area contributed by atoms with Crippen LogP contribution in [0.4, 0.5) is 0 Å². The Bertz CT molecular complexity index is 1180. The summed E-state index contributed by atoms with van der Waals surface area (Å²) in [5, 5.41) is 4.47. The third-order valence-corrected chi connectivity index (χ3v) is 6.29. The molecule has 0 unspecified atom stereocenters. The van der Waals surface area contributed by atoms with Crippen LogP contribution >= 0.6 is 0 Å². The van der Waals surface area contributed by atoms with Gasteiger partial charge in [-0.3, -0.25) is 4.79 Å². The molecule has 0 saturated heterocycles. The lowest BCUT2D eigenvalue weighted by Crippen LogP contribution is -2.41. The van der Waals surface area contributed by atoms with Gasteiger partial charge >= 0.3 is 0 Å². The highest BCUT2D eigenvalue weighted by Crippen LogP contribution is 2.33. The van der Waals surface area contributed by atoms with Gasteiger partial charge in [-0.15, -0.1) is 0 Å². The van der Waals surface area contributed by atoms with Crippen molar-refractivity contribution in [3.8, 4) is 5.69 Å². The first-order chi connectivity index (χ1) is 15.8. The predicted molar refractivity (Wildman–Crippen MR) is 127 cm³/mol. The maximum absolute atomic E-state index is 13.4. The first kappa shape index (κ1) is 20.3. The summed E-state index contributed by atoms with van der Waals surface area (Å²) in [6.07, 6.45) is 6.84. The van der Waals surface area contributed by atoms with Crippen molar-refractivity contribution >= 4 is 5.91 Å². The number of rotatable bonds is 6. The van der Waals surface area contributed by atoms with Crippen LogP contribution in [0.2, 0.25) is 0 Å². The zero-order chi connectivity index (χ0) is 21.8. The smallest absolute Gasteiger partial charge is 0.223 e. The minimum absolute atomic E-state index is 0.0851. The van der Waals surface area contributed by atoms with Crippen molar-refractivity contribution in [2.24, 2.45) is 0 Å². The molecule has 1 atom stereocenters. The van der Waals surface area contributed by atoms with Crippen molar-refractivity contribution < 1.29 is 4.79 Å². The van der Waals surface area contributed by atoms with Crippen molar-refractivity contribution in [1.29, 1.82) is 0 Å². The van der Waals surface area contributed by atoms with Crippen LogP contribution < -0.4 is 0 Å². The normalized spacial score (nSPS) is 15.4. The molecule has 4 heteroatoms. The van der Waals surface area contributed by atoms with Crippen LogP contribution in [0, 0.1) is 0 Å². The van der Waals surface area contributed by atoms with Gasteiger partial charge in [-0.05, 0) is 53.6 Å². The van der Waals surface area contributed by atoms with Gasteiger partial charge in [-0.25, -0.2) is 4.68 Å². The molecule has 0 aliphatic carbocycles. The van der Waals surface area contributed by atoms with Crippen molar-refractivity contribution in [3.63, 3.8) is 0 Å². The first-order valence-corrected chi connectivity index (χ1v) is 11.3. The van der Waals surface area contributed by atoms with E-state index in [9.17, 15) is 4.79 Å². The number of amides is 1. The second kappa shape index (κ2) is 9.23. The van der Waals surface area contributed by atoms with E-state index in [1.807, 2.05) is 53.5 Å². The van der Waals surface area contributed by atoms with Gasteiger partial charge in [0.05, 0.1) is 17.9 Å². The molecule has 4 nitrogen and oxygen atoms in total. The summed E-state index contributed by atoms with van der Waals surface area (Å²) in [6.45, 7) is 0.774. The number of para-hydroxylation sites is 1. The number of carbonyl (C=O) groups is 1. The Kier molecular flexibility index (Phi) is 5.84. The quantitative estimate of drug-likeness (QED) is 0.431. The Labute approximate surface area is 189 Å². The van der Waals surface area contributed by atoms with Crippen LogP contribution in [0.15, 0.2) is 97.3 Å². The molecule has 1 aliphatic heterocycles. The van der Waals surface area contributed by atoms with Gasteiger partial charge in [0, 0.05) is 19.2 Å². The van der Waals surface area contributed by atoms with Gasteiger partial charge in [0.15, 0.2) is 0 Å². The largest absolute Gasteiger partial charge is 0.335 e. The van der Waals surface area contributed by atoms with E-state index in [0.29, 0.717) is 12.8 Å². The lowest BCUT2D eigenvalue weighted by Gasteiger charge is -2.38. The summed E-state index contributed by atoms with van der Waals surface area (Å²) in [5.41, 5.74) is 6.02. The number of carbonyl (C=O) groups excluding carboxylic acids is 1. The van der Waals surface area contributed by atoms with Crippen molar-refractivity contribution in [1.82, 2.24) is 14.7 Å². The van der Waals surface area contributed by atoms with Crippen LogP contribution in [0.5, 0.6) is 0 Å². The third kappa shape index (κ3) is 4.35. The molecule has 0 saturated carbocycles. The second-order valence-electron chi connectivity index (χ2n) is 8.37. The molecule has 2 heterocycles. The number of aromatic nitrogens is 2.